The zero-order valence-electron chi connectivity index (χ0n) is 25.3. The number of hydrogen-bond donors (Lipinski definition) is 1. The Morgan fingerprint density at radius 2 is 1.84 bits per heavy atom. The molecule has 5 rings (SSSR count). The van der Waals surface area contributed by atoms with E-state index in [0.29, 0.717) is 41.6 Å². The molecule has 0 aliphatic carbocycles. The van der Waals surface area contributed by atoms with Crippen LogP contribution in [0, 0.1) is 18.8 Å². The molecule has 3 aliphatic heterocycles. The molecule has 3 aliphatic rings. The second kappa shape index (κ2) is 13.4. The number of thioether (sulfide) groups is 1. The van der Waals surface area contributed by atoms with Crippen molar-refractivity contribution in [2.24, 2.45) is 11.8 Å². The van der Waals surface area contributed by atoms with Crippen molar-refractivity contribution < 1.29 is 24.2 Å². The molecule has 0 aromatic heterocycles. The van der Waals surface area contributed by atoms with Crippen LogP contribution in [0.3, 0.4) is 0 Å². The van der Waals surface area contributed by atoms with Crippen molar-refractivity contribution in [3.63, 3.8) is 0 Å². The molecule has 3 fully saturated rings. The topological polar surface area (TPSA) is 90.4 Å². The Morgan fingerprint density at radius 1 is 1.14 bits per heavy atom. The van der Waals surface area contributed by atoms with Crippen LogP contribution in [-0.2, 0) is 14.4 Å². The number of aliphatic hydroxyl groups excluding tert-OH is 1. The first-order chi connectivity index (χ1) is 21.2. The number of halogens is 1. The lowest BCUT2D eigenvalue weighted by molar-refractivity contribution is -0.139. The molecule has 1 N–H and O–H groups in total. The SMILES string of the molecule is C=CCN(C(=O)[C@@H]1[C@H]2C(=O)N(CCCO)C(C(=O)N(CC=C)c3c(C)cccc3Cl)C23CC[C@H]1S3)c1ccc(OCC)cc1. The summed E-state index contributed by atoms with van der Waals surface area (Å²) in [6.07, 6.45) is 5.02. The number of rotatable bonds is 13. The number of hydrogen-bond acceptors (Lipinski definition) is 6. The Morgan fingerprint density at radius 3 is 2.48 bits per heavy atom. The van der Waals surface area contributed by atoms with Gasteiger partial charge in [0.25, 0.3) is 5.91 Å². The van der Waals surface area contributed by atoms with E-state index in [4.69, 9.17) is 16.3 Å². The van der Waals surface area contributed by atoms with E-state index in [1.54, 1.807) is 44.7 Å². The zero-order valence-corrected chi connectivity index (χ0v) is 26.9. The van der Waals surface area contributed by atoms with Crippen molar-refractivity contribution in [3.8, 4) is 5.75 Å². The molecule has 2 aromatic carbocycles. The van der Waals surface area contributed by atoms with Crippen molar-refractivity contribution in [2.75, 3.05) is 42.6 Å². The van der Waals surface area contributed by atoms with Crippen molar-refractivity contribution in [1.82, 2.24) is 4.90 Å². The maximum atomic E-state index is 14.7. The van der Waals surface area contributed by atoms with Gasteiger partial charge in [0, 0.05) is 37.2 Å². The number of aryl methyl sites for hydroxylation is 1. The minimum atomic E-state index is -0.812. The van der Waals surface area contributed by atoms with Crippen LogP contribution in [-0.4, -0.2) is 76.6 Å². The molecule has 44 heavy (non-hydrogen) atoms. The van der Waals surface area contributed by atoms with Gasteiger partial charge in [0.2, 0.25) is 11.8 Å². The van der Waals surface area contributed by atoms with E-state index in [2.05, 4.69) is 13.2 Å². The van der Waals surface area contributed by atoms with Crippen molar-refractivity contribution >= 4 is 52.5 Å². The maximum Gasteiger partial charge on any atom is 0.251 e. The molecule has 0 saturated carbocycles. The minimum Gasteiger partial charge on any atom is -0.494 e. The largest absolute Gasteiger partial charge is 0.494 e. The third-order valence-electron chi connectivity index (χ3n) is 8.95. The first-order valence-corrected chi connectivity index (χ1v) is 16.4. The van der Waals surface area contributed by atoms with Crippen LogP contribution in [0.15, 0.2) is 67.8 Å². The fraction of sp³-hybridized carbons (Fsp3) is 0.441. The van der Waals surface area contributed by atoms with E-state index in [1.165, 1.54) is 0 Å². The van der Waals surface area contributed by atoms with Crippen LogP contribution in [0.1, 0.15) is 31.7 Å². The Hall–Kier alpha value is -3.27. The van der Waals surface area contributed by atoms with Gasteiger partial charge in [-0.1, -0.05) is 35.9 Å². The first-order valence-electron chi connectivity index (χ1n) is 15.2. The summed E-state index contributed by atoms with van der Waals surface area (Å²) in [5, 5.41) is 10.1. The second-order valence-electron chi connectivity index (χ2n) is 11.5. The fourth-order valence-corrected chi connectivity index (χ4v) is 9.78. The van der Waals surface area contributed by atoms with Crippen LogP contribution < -0.4 is 14.5 Å². The lowest BCUT2D eigenvalue weighted by Crippen LogP contribution is -2.55. The summed E-state index contributed by atoms with van der Waals surface area (Å²) >= 11 is 8.27. The lowest BCUT2D eigenvalue weighted by Gasteiger charge is -2.38. The van der Waals surface area contributed by atoms with Crippen molar-refractivity contribution in [1.29, 1.82) is 0 Å². The van der Waals surface area contributed by atoms with E-state index < -0.39 is 22.6 Å². The molecule has 2 aromatic rings. The molecule has 3 saturated heterocycles. The Bertz CT molecular complexity index is 1410. The van der Waals surface area contributed by atoms with Crippen LogP contribution in [0.2, 0.25) is 5.02 Å². The van der Waals surface area contributed by atoms with Crippen LogP contribution in [0.4, 0.5) is 11.4 Å². The van der Waals surface area contributed by atoms with E-state index >= 15 is 0 Å². The van der Waals surface area contributed by atoms with Crippen LogP contribution in [0.5, 0.6) is 5.75 Å². The summed E-state index contributed by atoms with van der Waals surface area (Å²) < 4.78 is 4.81. The van der Waals surface area contributed by atoms with Gasteiger partial charge in [-0.3, -0.25) is 14.4 Å². The van der Waals surface area contributed by atoms with E-state index in [0.717, 1.165) is 12.0 Å². The van der Waals surface area contributed by atoms with Gasteiger partial charge in [0.05, 0.1) is 33.9 Å². The Kier molecular flexibility index (Phi) is 9.77. The van der Waals surface area contributed by atoms with Crippen LogP contribution in [0.25, 0.3) is 0 Å². The van der Waals surface area contributed by atoms with Gasteiger partial charge in [0.15, 0.2) is 0 Å². The molecule has 8 nitrogen and oxygen atoms in total. The number of likely N-dealkylation sites (tertiary alicyclic amines) is 1. The highest BCUT2D eigenvalue weighted by Gasteiger charge is 2.74. The average molecular weight is 638 g/mol. The number of ether oxygens (including phenoxy) is 1. The molecular formula is C34H40ClN3O5S. The zero-order chi connectivity index (χ0) is 31.6. The first kappa shape index (κ1) is 32.1. The van der Waals surface area contributed by atoms with Gasteiger partial charge in [-0.05, 0) is 69.0 Å². The minimum absolute atomic E-state index is 0.100. The molecule has 3 heterocycles. The molecule has 2 bridgehead atoms. The van der Waals surface area contributed by atoms with Crippen LogP contribution >= 0.6 is 23.4 Å². The van der Waals surface area contributed by atoms with Crippen molar-refractivity contribution in [3.05, 3.63) is 78.4 Å². The van der Waals surface area contributed by atoms with Gasteiger partial charge < -0.3 is 24.5 Å². The average Bonchev–Trinajstić information content (AvgIpc) is 3.65. The predicted molar refractivity (Wildman–Crippen MR) is 176 cm³/mol. The highest BCUT2D eigenvalue weighted by atomic mass is 35.5. The van der Waals surface area contributed by atoms with E-state index in [1.807, 2.05) is 50.2 Å². The summed E-state index contributed by atoms with van der Waals surface area (Å²) in [7, 11) is 0. The maximum absolute atomic E-state index is 14.7. The Labute approximate surface area is 268 Å². The number of amides is 3. The van der Waals surface area contributed by atoms with Gasteiger partial charge in [-0.2, -0.15) is 0 Å². The monoisotopic (exact) mass is 637 g/mol. The van der Waals surface area contributed by atoms with Gasteiger partial charge in [0.1, 0.15) is 11.8 Å². The third kappa shape index (κ3) is 5.43. The number of para-hydroxylation sites is 1. The molecule has 5 atom stereocenters. The number of benzene rings is 2. The summed E-state index contributed by atoms with van der Waals surface area (Å²) in [6.45, 7) is 12.7. The quantitative estimate of drug-likeness (QED) is 0.302. The number of fused-ring (bicyclic) bond motifs is 1. The normalized spacial score (nSPS) is 25.1. The number of nitrogens with zero attached hydrogens (tertiary/aromatic N) is 3. The highest BCUT2D eigenvalue weighted by molar-refractivity contribution is 8.02. The molecule has 1 spiro atoms. The second-order valence-corrected chi connectivity index (χ2v) is 13.5. The van der Waals surface area contributed by atoms with E-state index in [9.17, 15) is 19.5 Å². The number of aliphatic hydroxyl groups is 1. The molecular weight excluding hydrogens is 598 g/mol. The molecule has 10 heteroatoms. The predicted octanol–water partition coefficient (Wildman–Crippen LogP) is 5.26. The summed E-state index contributed by atoms with van der Waals surface area (Å²) in [5.41, 5.74) is 2.12. The third-order valence-corrected chi connectivity index (χ3v) is 11.2. The fourth-order valence-electron chi connectivity index (χ4n) is 7.25. The van der Waals surface area contributed by atoms with Crippen molar-refractivity contribution in [2.45, 2.75) is 49.1 Å². The Balaban J connectivity index is 1.54. The lowest BCUT2D eigenvalue weighted by atomic mass is 9.70. The molecule has 3 amide bonds. The van der Waals surface area contributed by atoms with Gasteiger partial charge >= 0.3 is 0 Å². The highest BCUT2D eigenvalue weighted by Crippen LogP contribution is 2.67. The summed E-state index contributed by atoms with van der Waals surface area (Å²) in [6, 6.07) is 12.0. The van der Waals surface area contributed by atoms with E-state index in [-0.39, 0.29) is 49.2 Å². The molecule has 2 unspecified atom stereocenters. The number of anilines is 2. The molecule has 0 radical (unpaired) electrons. The summed E-state index contributed by atoms with van der Waals surface area (Å²) in [5.74, 6) is -1.15. The van der Waals surface area contributed by atoms with Gasteiger partial charge in [-0.15, -0.1) is 24.9 Å². The molecule has 234 valence electrons. The number of carbonyl (C=O) groups excluding carboxylic acids is 3. The summed E-state index contributed by atoms with van der Waals surface area (Å²) in [4.78, 5) is 48.5. The smallest absolute Gasteiger partial charge is 0.251 e. The van der Waals surface area contributed by atoms with Gasteiger partial charge in [-0.25, -0.2) is 0 Å². The number of carbonyl (C=O) groups is 3. The standard InChI is InChI=1S/C34H40ClN3O5S/c1-5-18-36(23-12-14-24(15-13-23)43-7-3)31(40)27-26-16-17-34(44-26)28(27)32(41)38(20-9-21-39)30(34)33(42)37(19-6-2)29-22(4)10-8-11-25(29)35/h5-6,8,10-15,26-28,30,39H,1-2,7,9,16-21H2,3-4H3/t26-,27+,28+,30?,34?/m1/s1.